The van der Waals surface area contributed by atoms with Gasteiger partial charge in [-0.25, -0.2) is 4.98 Å². The number of hydrogen-bond acceptors (Lipinski definition) is 1. The van der Waals surface area contributed by atoms with Gasteiger partial charge in [0.2, 0.25) is 0 Å². The van der Waals surface area contributed by atoms with Crippen LogP contribution in [0, 0.1) is 25.7 Å². The number of aromatic nitrogens is 2. The van der Waals surface area contributed by atoms with Crippen LogP contribution < -0.4 is 0 Å². The summed E-state index contributed by atoms with van der Waals surface area (Å²) in [6, 6.07) is 22.3. The van der Waals surface area contributed by atoms with Crippen molar-refractivity contribution < 1.29 is 0 Å². The number of rotatable bonds is 5. The van der Waals surface area contributed by atoms with Gasteiger partial charge in [0.25, 0.3) is 0 Å². The summed E-state index contributed by atoms with van der Waals surface area (Å²) >= 11 is 0. The van der Waals surface area contributed by atoms with Crippen molar-refractivity contribution in [2.24, 2.45) is 11.8 Å². The number of fused-ring (bicyclic) bond motifs is 6. The van der Waals surface area contributed by atoms with Crippen molar-refractivity contribution in [2.75, 3.05) is 0 Å². The van der Waals surface area contributed by atoms with Crippen LogP contribution in [0.3, 0.4) is 0 Å². The van der Waals surface area contributed by atoms with Crippen LogP contribution in [-0.2, 0) is 12.8 Å². The molecule has 2 nitrogen and oxygen atoms in total. The van der Waals surface area contributed by atoms with Gasteiger partial charge in [0.15, 0.2) is 0 Å². The van der Waals surface area contributed by atoms with E-state index in [1.54, 1.807) is 0 Å². The van der Waals surface area contributed by atoms with Gasteiger partial charge in [0, 0.05) is 16.3 Å². The van der Waals surface area contributed by atoms with Crippen molar-refractivity contribution in [2.45, 2.75) is 54.4 Å². The van der Waals surface area contributed by atoms with Gasteiger partial charge in [-0.3, -0.25) is 4.40 Å². The molecule has 0 saturated heterocycles. The molecule has 33 heavy (non-hydrogen) atoms. The van der Waals surface area contributed by atoms with Crippen LogP contribution in [0.15, 0.2) is 60.7 Å². The fraction of sp³-hybridized carbons (Fsp3) is 0.323. The molecular formula is C31H34N2. The van der Waals surface area contributed by atoms with Crippen LogP contribution in [0.4, 0.5) is 0 Å². The molecule has 0 radical (unpaired) electrons. The zero-order valence-electron chi connectivity index (χ0n) is 20.7. The number of para-hydroxylation sites is 1. The number of hydrogen-bond donors (Lipinski definition) is 0. The maximum atomic E-state index is 5.30. The number of imidazole rings is 1. The van der Waals surface area contributed by atoms with E-state index in [9.17, 15) is 0 Å². The van der Waals surface area contributed by atoms with Crippen LogP contribution in [-0.4, -0.2) is 9.38 Å². The number of aryl methyl sites for hydroxylation is 2. The van der Waals surface area contributed by atoms with Crippen molar-refractivity contribution in [3.8, 4) is 11.4 Å². The van der Waals surface area contributed by atoms with Crippen LogP contribution in [0.1, 0.15) is 50.1 Å². The molecule has 0 aliphatic rings. The molecule has 0 fully saturated rings. The van der Waals surface area contributed by atoms with Gasteiger partial charge >= 0.3 is 0 Å². The van der Waals surface area contributed by atoms with Gasteiger partial charge in [0.1, 0.15) is 5.82 Å². The van der Waals surface area contributed by atoms with E-state index in [-0.39, 0.29) is 0 Å². The van der Waals surface area contributed by atoms with Crippen molar-refractivity contribution in [1.82, 2.24) is 9.38 Å². The van der Waals surface area contributed by atoms with Gasteiger partial charge in [0.05, 0.1) is 16.7 Å². The average Bonchev–Trinajstić information content (AvgIpc) is 3.10. The first-order valence-electron chi connectivity index (χ1n) is 12.3. The molecule has 2 heteroatoms. The van der Waals surface area contributed by atoms with Gasteiger partial charge in [-0.2, -0.15) is 0 Å². The largest absolute Gasteiger partial charge is 0.291 e. The van der Waals surface area contributed by atoms with Gasteiger partial charge < -0.3 is 0 Å². The third-order valence-corrected chi connectivity index (χ3v) is 6.71. The molecule has 0 aliphatic carbocycles. The first kappa shape index (κ1) is 21.7. The van der Waals surface area contributed by atoms with E-state index in [1.807, 2.05) is 0 Å². The Morgan fingerprint density at radius 1 is 0.727 bits per heavy atom. The molecule has 0 spiro atoms. The highest BCUT2D eigenvalue weighted by Crippen LogP contribution is 2.39. The van der Waals surface area contributed by atoms with Gasteiger partial charge in [-0.1, -0.05) is 82.3 Å². The van der Waals surface area contributed by atoms with Crippen molar-refractivity contribution in [3.05, 3.63) is 83.0 Å². The first-order valence-corrected chi connectivity index (χ1v) is 12.3. The summed E-state index contributed by atoms with van der Waals surface area (Å²) in [5.74, 6) is 2.27. The lowest BCUT2D eigenvalue weighted by Gasteiger charge is -2.18. The predicted molar refractivity (Wildman–Crippen MR) is 142 cm³/mol. The topological polar surface area (TPSA) is 17.3 Å². The lowest BCUT2D eigenvalue weighted by atomic mass is 9.90. The second kappa shape index (κ2) is 8.33. The van der Waals surface area contributed by atoms with E-state index >= 15 is 0 Å². The van der Waals surface area contributed by atoms with Crippen molar-refractivity contribution >= 4 is 27.2 Å². The monoisotopic (exact) mass is 434 g/mol. The number of nitrogens with zero attached hydrogens (tertiary/aromatic N) is 2. The molecule has 0 aliphatic heterocycles. The second-order valence-electron chi connectivity index (χ2n) is 10.4. The second-order valence-corrected chi connectivity index (χ2v) is 10.4. The standard InChI is InChI=1S/C31H34N2/c1-19(2)17-23-12-10-13-24(18-20(3)4)29(23)31-32-22(6)30-28-21(5)11-9-15-26(28)25-14-7-8-16-27(25)33(30)31/h7-16,19-20H,17-18H2,1-6H3. The molecule has 0 unspecified atom stereocenters. The van der Waals surface area contributed by atoms with Crippen LogP contribution in [0.2, 0.25) is 0 Å². The van der Waals surface area contributed by atoms with Crippen molar-refractivity contribution in [1.29, 1.82) is 0 Å². The molecule has 3 aromatic carbocycles. The SMILES string of the molecule is Cc1cccc2c3ccccc3n3c(-c4c(CC(C)C)cccc4CC(C)C)nc(C)c3c12. The molecule has 0 amide bonds. The average molecular weight is 435 g/mol. The Kier molecular flexibility index (Phi) is 5.48. The maximum absolute atomic E-state index is 5.30. The van der Waals surface area contributed by atoms with Crippen LogP contribution >= 0.6 is 0 Å². The Labute approximate surface area is 197 Å². The molecule has 5 aromatic rings. The van der Waals surface area contributed by atoms with E-state index < -0.39 is 0 Å². The fourth-order valence-corrected chi connectivity index (χ4v) is 5.49. The fourth-order valence-electron chi connectivity index (χ4n) is 5.49. The summed E-state index contributed by atoms with van der Waals surface area (Å²) < 4.78 is 2.45. The molecule has 2 aromatic heterocycles. The lowest BCUT2D eigenvalue weighted by Crippen LogP contribution is -2.05. The first-order chi connectivity index (χ1) is 15.9. The van der Waals surface area contributed by atoms with E-state index in [0.29, 0.717) is 11.8 Å². The van der Waals surface area contributed by atoms with Crippen LogP contribution in [0.5, 0.6) is 0 Å². The zero-order chi connectivity index (χ0) is 23.3. The summed E-state index contributed by atoms with van der Waals surface area (Å²) in [5, 5.41) is 3.92. The summed E-state index contributed by atoms with van der Waals surface area (Å²) in [6.07, 6.45) is 2.11. The van der Waals surface area contributed by atoms with Crippen molar-refractivity contribution in [3.63, 3.8) is 0 Å². The Hall–Kier alpha value is -3.13. The number of benzene rings is 3. The summed E-state index contributed by atoms with van der Waals surface area (Å²) in [4.78, 5) is 5.30. The minimum absolute atomic E-state index is 0.588. The van der Waals surface area contributed by atoms with E-state index in [1.165, 1.54) is 49.4 Å². The summed E-state index contributed by atoms with van der Waals surface area (Å²) in [5.41, 5.74) is 9.03. The third kappa shape index (κ3) is 3.62. The molecule has 0 saturated carbocycles. The Bertz CT molecular complexity index is 1460. The molecule has 0 bridgehead atoms. The molecular weight excluding hydrogens is 400 g/mol. The predicted octanol–water partition coefficient (Wildman–Crippen LogP) is 8.32. The lowest BCUT2D eigenvalue weighted by molar-refractivity contribution is 0.637. The highest BCUT2D eigenvalue weighted by Gasteiger charge is 2.22. The zero-order valence-corrected chi connectivity index (χ0v) is 20.7. The quantitative estimate of drug-likeness (QED) is 0.254. The smallest absolute Gasteiger partial charge is 0.145 e. The van der Waals surface area contributed by atoms with E-state index in [2.05, 4.69) is 107 Å². The minimum atomic E-state index is 0.588. The highest BCUT2D eigenvalue weighted by molar-refractivity contribution is 6.15. The maximum Gasteiger partial charge on any atom is 0.145 e. The summed E-state index contributed by atoms with van der Waals surface area (Å²) in [7, 11) is 0. The molecule has 0 atom stereocenters. The van der Waals surface area contributed by atoms with Crippen LogP contribution in [0.25, 0.3) is 38.6 Å². The van der Waals surface area contributed by atoms with E-state index in [4.69, 9.17) is 4.98 Å². The normalized spacial score (nSPS) is 12.1. The molecule has 0 N–H and O–H groups in total. The van der Waals surface area contributed by atoms with E-state index in [0.717, 1.165) is 24.4 Å². The Morgan fingerprint density at radius 2 is 1.33 bits per heavy atom. The third-order valence-electron chi connectivity index (χ3n) is 6.71. The summed E-state index contributed by atoms with van der Waals surface area (Å²) in [6.45, 7) is 13.6. The highest BCUT2D eigenvalue weighted by atomic mass is 15.0. The number of pyridine rings is 1. The van der Waals surface area contributed by atoms with Gasteiger partial charge in [-0.15, -0.1) is 0 Å². The molecule has 168 valence electrons. The van der Waals surface area contributed by atoms with Gasteiger partial charge in [-0.05, 0) is 66.7 Å². The molecule has 5 rings (SSSR count). The minimum Gasteiger partial charge on any atom is -0.291 e. The Balaban J connectivity index is 1.98. The molecule has 2 heterocycles. The Morgan fingerprint density at radius 3 is 2.00 bits per heavy atom.